The predicted molar refractivity (Wildman–Crippen MR) is 98.0 cm³/mol. The molecule has 0 bridgehead atoms. The normalized spacial score (nSPS) is 12.3. The number of amides is 1. The van der Waals surface area contributed by atoms with Gasteiger partial charge in [-0.25, -0.2) is 12.8 Å². The number of halogens is 1. The van der Waals surface area contributed by atoms with E-state index in [0.29, 0.717) is 5.75 Å². The number of nitrogens with zero attached hydrogens (tertiary/aromatic N) is 1. The van der Waals surface area contributed by atoms with Gasteiger partial charge < -0.3 is 10.1 Å². The Morgan fingerprint density at radius 3 is 2.54 bits per heavy atom. The summed E-state index contributed by atoms with van der Waals surface area (Å²) in [6, 6.07) is 11.2. The van der Waals surface area contributed by atoms with E-state index in [1.807, 2.05) is 12.1 Å². The van der Waals surface area contributed by atoms with Crippen molar-refractivity contribution in [3.05, 3.63) is 59.9 Å². The first-order chi connectivity index (χ1) is 12.2. The molecule has 1 N–H and O–H groups in total. The predicted octanol–water partition coefficient (Wildman–Crippen LogP) is 2.31. The fourth-order valence-corrected chi connectivity index (χ4v) is 3.77. The number of rotatable bonds is 7. The molecule has 1 amide bonds. The summed E-state index contributed by atoms with van der Waals surface area (Å²) in [4.78, 5) is 12.5. The first kappa shape index (κ1) is 19.7. The second-order valence-corrected chi connectivity index (χ2v) is 7.60. The van der Waals surface area contributed by atoms with Crippen LogP contribution in [-0.2, 0) is 21.4 Å². The first-order valence-corrected chi connectivity index (χ1v) is 9.73. The second kappa shape index (κ2) is 8.18. The van der Waals surface area contributed by atoms with Crippen LogP contribution in [0.2, 0.25) is 0 Å². The number of methoxy groups -OCH3 is 1. The molecule has 0 heterocycles. The quantitative estimate of drug-likeness (QED) is 0.800. The van der Waals surface area contributed by atoms with Gasteiger partial charge in [0.1, 0.15) is 17.6 Å². The minimum absolute atomic E-state index is 0.0902. The molecule has 0 unspecified atom stereocenters. The maximum absolute atomic E-state index is 13.5. The lowest BCUT2D eigenvalue weighted by Gasteiger charge is -2.28. The molecule has 8 heteroatoms. The van der Waals surface area contributed by atoms with Crippen molar-refractivity contribution in [3.63, 3.8) is 0 Å². The zero-order chi connectivity index (χ0) is 19.3. The summed E-state index contributed by atoms with van der Waals surface area (Å²) in [5.74, 6) is -0.478. The third kappa shape index (κ3) is 4.72. The Morgan fingerprint density at radius 2 is 1.92 bits per heavy atom. The number of hydrogen-bond donors (Lipinski definition) is 1. The number of anilines is 1. The van der Waals surface area contributed by atoms with Gasteiger partial charge >= 0.3 is 0 Å². The zero-order valence-corrected chi connectivity index (χ0v) is 15.6. The van der Waals surface area contributed by atoms with Crippen molar-refractivity contribution in [2.45, 2.75) is 19.5 Å². The van der Waals surface area contributed by atoms with E-state index in [4.69, 9.17) is 4.74 Å². The summed E-state index contributed by atoms with van der Waals surface area (Å²) >= 11 is 0. The second-order valence-electron chi connectivity index (χ2n) is 5.74. The van der Waals surface area contributed by atoms with Gasteiger partial charge in [0, 0.05) is 12.1 Å². The van der Waals surface area contributed by atoms with Gasteiger partial charge in [-0.2, -0.15) is 0 Å². The highest BCUT2D eigenvalue weighted by molar-refractivity contribution is 7.92. The van der Waals surface area contributed by atoms with Gasteiger partial charge in [-0.3, -0.25) is 9.10 Å². The maximum Gasteiger partial charge on any atom is 0.243 e. The van der Waals surface area contributed by atoms with Crippen LogP contribution < -0.4 is 14.4 Å². The third-order valence-electron chi connectivity index (χ3n) is 3.80. The van der Waals surface area contributed by atoms with Gasteiger partial charge in [0.2, 0.25) is 15.9 Å². The summed E-state index contributed by atoms with van der Waals surface area (Å²) in [7, 11) is -2.27. The Balaban J connectivity index is 2.20. The van der Waals surface area contributed by atoms with Gasteiger partial charge in [-0.15, -0.1) is 0 Å². The largest absolute Gasteiger partial charge is 0.496 e. The van der Waals surface area contributed by atoms with E-state index >= 15 is 0 Å². The Bertz CT molecular complexity index is 886. The molecule has 1 atom stereocenters. The van der Waals surface area contributed by atoms with Crippen molar-refractivity contribution >= 4 is 21.6 Å². The van der Waals surface area contributed by atoms with E-state index in [0.717, 1.165) is 22.2 Å². The van der Waals surface area contributed by atoms with E-state index < -0.39 is 27.8 Å². The van der Waals surface area contributed by atoms with Crippen LogP contribution in [0.1, 0.15) is 12.5 Å². The third-order valence-corrected chi connectivity index (χ3v) is 5.04. The fourth-order valence-electron chi connectivity index (χ4n) is 2.60. The Labute approximate surface area is 152 Å². The molecular formula is C18H21FN2O4S. The smallest absolute Gasteiger partial charge is 0.243 e. The van der Waals surface area contributed by atoms with Gasteiger partial charge in [0.25, 0.3) is 0 Å². The van der Waals surface area contributed by atoms with Crippen LogP contribution in [0.4, 0.5) is 10.1 Å². The highest BCUT2D eigenvalue weighted by Gasteiger charge is 2.29. The molecule has 26 heavy (non-hydrogen) atoms. The van der Waals surface area contributed by atoms with Crippen molar-refractivity contribution in [2.24, 2.45) is 0 Å². The maximum atomic E-state index is 13.5. The van der Waals surface area contributed by atoms with Crippen LogP contribution in [0, 0.1) is 5.82 Å². The lowest BCUT2D eigenvalue weighted by atomic mass is 10.2. The highest BCUT2D eigenvalue weighted by atomic mass is 32.2. The van der Waals surface area contributed by atoms with E-state index in [1.165, 1.54) is 32.2 Å². The Kier molecular flexibility index (Phi) is 6.20. The lowest BCUT2D eigenvalue weighted by Crippen LogP contribution is -2.47. The first-order valence-electron chi connectivity index (χ1n) is 7.88. The average Bonchev–Trinajstić information content (AvgIpc) is 2.58. The molecule has 2 rings (SSSR count). The molecule has 0 aromatic heterocycles. The van der Waals surface area contributed by atoms with Crippen LogP contribution in [0.25, 0.3) is 0 Å². The zero-order valence-electron chi connectivity index (χ0n) is 14.8. The van der Waals surface area contributed by atoms with E-state index in [1.54, 1.807) is 12.1 Å². The van der Waals surface area contributed by atoms with E-state index in [2.05, 4.69) is 5.32 Å². The Hall–Kier alpha value is -2.61. The molecule has 6 nitrogen and oxygen atoms in total. The van der Waals surface area contributed by atoms with E-state index in [-0.39, 0.29) is 12.2 Å². The summed E-state index contributed by atoms with van der Waals surface area (Å²) in [5.41, 5.74) is 0.847. The number of ether oxygens (including phenoxy) is 1. The van der Waals surface area contributed by atoms with Crippen molar-refractivity contribution < 1.29 is 22.3 Å². The molecule has 0 saturated heterocycles. The topological polar surface area (TPSA) is 75.7 Å². The summed E-state index contributed by atoms with van der Waals surface area (Å²) in [6.45, 7) is 1.62. The van der Waals surface area contributed by atoms with Gasteiger partial charge in [-0.05, 0) is 31.2 Å². The molecule has 2 aromatic carbocycles. The van der Waals surface area contributed by atoms with E-state index in [9.17, 15) is 17.6 Å². The minimum Gasteiger partial charge on any atom is -0.496 e. The van der Waals surface area contributed by atoms with Crippen LogP contribution in [0.15, 0.2) is 48.5 Å². The number of para-hydroxylation sites is 1. The number of hydrogen-bond acceptors (Lipinski definition) is 4. The molecule has 0 aliphatic carbocycles. The molecule has 0 aliphatic rings. The molecular weight excluding hydrogens is 359 g/mol. The summed E-state index contributed by atoms with van der Waals surface area (Å²) in [6.07, 6.45) is 0.974. The molecule has 0 fully saturated rings. The number of nitrogens with one attached hydrogen (secondary N) is 1. The summed E-state index contributed by atoms with van der Waals surface area (Å²) in [5, 5.41) is 2.69. The molecule has 2 aromatic rings. The number of carbonyl (C=O) groups is 1. The molecule has 140 valence electrons. The highest BCUT2D eigenvalue weighted by Crippen LogP contribution is 2.22. The van der Waals surface area contributed by atoms with Crippen molar-refractivity contribution in [2.75, 3.05) is 17.7 Å². The van der Waals surface area contributed by atoms with Crippen molar-refractivity contribution in [1.29, 1.82) is 0 Å². The Morgan fingerprint density at radius 1 is 1.23 bits per heavy atom. The van der Waals surface area contributed by atoms with Crippen LogP contribution >= 0.6 is 0 Å². The molecule has 0 aliphatic heterocycles. The van der Waals surface area contributed by atoms with Crippen molar-refractivity contribution in [1.82, 2.24) is 5.32 Å². The average molecular weight is 380 g/mol. The van der Waals surface area contributed by atoms with Crippen molar-refractivity contribution in [3.8, 4) is 5.75 Å². The van der Waals surface area contributed by atoms with Gasteiger partial charge in [0.15, 0.2) is 0 Å². The van der Waals surface area contributed by atoms with Gasteiger partial charge in [-0.1, -0.05) is 24.3 Å². The number of carbonyl (C=O) groups excluding carboxylic acids is 1. The minimum atomic E-state index is -3.79. The van der Waals surface area contributed by atoms with Crippen LogP contribution in [0.5, 0.6) is 5.75 Å². The van der Waals surface area contributed by atoms with Crippen LogP contribution in [-0.4, -0.2) is 33.7 Å². The van der Waals surface area contributed by atoms with Gasteiger partial charge in [0.05, 0.1) is 19.1 Å². The fraction of sp³-hybridized carbons (Fsp3) is 0.278. The molecule has 0 saturated carbocycles. The summed E-state index contributed by atoms with van der Waals surface area (Å²) < 4.78 is 44.0. The lowest BCUT2D eigenvalue weighted by molar-refractivity contribution is -0.122. The number of benzene rings is 2. The standard InChI is InChI=1S/C18H21FN2O4S/c1-13(18(22)20-12-14-7-4-5-10-17(14)25-2)21(26(3,23)24)16-9-6-8-15(19)11-16/h4-11,13H,12H2,1-3H3,(H,20,22)/t13-/m1/s1. The molecule has 0 spiro atoms. The SMILES string of the molecule is COc1ccccc1CNC(=O)[C@@H](C)N(c1cccc(F)c1)S(C)(=O)=O. The molecule has 0 radical (unpaired) electrons. The number of sulfonamides is 1. The van der Waals surface area contributed by atoms with Crippen LogP contribution in [0.3, 0.4) is 0 Å². The monoisotopic (exact) mass is 380 g/mol.